The number of hydrazine groups is 1. The largest absolute Gasteiger partial charge is 0.497 e. The zero-order valence-electron chi connectivity index (χ0n) is 11.9. The van der Waals surface area contributed by atoms with Gasteiger partial charge in [0.15, 0.2) is 0 Å². The van der Waals surface area contributed by atoms with Crippen molar-refractivity contribution >= 4 is 11.8 Å². The summed E-state index contributed by atoms with van der Waals surface area (Å²) in [4.78, 5) is 23.5. The molecule has 0 atom stereocenters. The van der Waals surface area contributed by atoms with E-state index in [9.17, 15) is 14.0 Å². The van der Waals surface area contributed by atoms with E-state index < -0.39 is 11.8 Å². The van der Waals surface area contributed by atoms with Crippen molar-refractivity contribution in [3.05, 3.63) is 65.5 Å². The van der Waals surface area contributed by atoms with E-state index in [1.807, 2.05) is 0 Å². The van der Waals surface area contributed by atoms with Crippen LogP contribution in [0, 0.1) is 5.82 Å². The van der Waals surface area contributed by atoms with Crippen molar-refractivity contribution in [2.75, 3.05) is 7.11 Å². The summed E-state index contributed by atoms with van der Waals surface area (Å²) in [6, 6.07) is 12.0. The van der Waals surface area contributed by atoms with Crippen molar-refractivity contribution < 1.29 is 18.7 Å². The molecule has 0 heterocycles. The van der Waals surface area contributed by atoms with Crippen molar-refractivity contribution in [2.45, 2.75) is 6.42 Å². The van der Waals surface area contributed by atoms with Crippen LogP contribution in [-0.2, 0) is 11.2 Å². The lowest BCUT2D eigenvalue weighted by molar-refractivity contribution is -0.121. The molecule has 2 N–H and O–H groups in total. The number of ether oxygens (including phenoxy) is 1. The second-order valence-electron chi connectivity index (χ2n) is 4.53. The van der Waals surface area contributed by atoms with Crippen LogP contribution in [-0.4, -0.2) is 18.9 Å². The number of rotatable bonds is 4. The number of methoxy groups -OCH3 is 1. The molecule has 0 unspecified atom stereocenters. The number of carbonyl (C=O) groups excluding carboxylic acids is 2. The number of nitrogens with one attached hydrogen (secondary N) is 2. The standard InChI is InChI=1S/C16H15FN2O3/c1-22-14-8-4-12(5-9-14)16(21)19-18-15(20)10-11-2-6-13(17)7-3-11/h2-9H,10H2,1H3,(H,18,20)(H,19,21). The van der Waals surface area contributed by atoms with Crippen molar-refractivity contribution in [1.29, 1.82) is 0 Å². The third kappa shape index (κ3) is 4.31. The van der Waals surface area contributed by atoms with Crippen molar-refractivity contribution in [2.24, 2.45) is 0 Å². The first-order valence-corrected chi connectivity index (χ1v) is 6.56. The van der Waals surface area contributed by atoms with Gasteiger partial charge in [-0.05, 0) is 42.0 Å². The van der Waals surface area contributed by atoms with Gasteiger partial charge >= 0.3 is 0 Å². The number of halogens is 1. The Labute approximate surface area is 127 Å². The smallest absolute Gasteiger partial charge is 0.269 e. The van der Waals surface area contributed by atoms with Crippen molar-refractivity contribution in [3.63, 3.8) is 0 Å². The summed E-state index contributed by atoms with van der Waals surface area (Å²) in [5, 5.41) is 0. The molecule has 0 aliphatic rings. The Kier molecular flexibility index (Phi) is 5.08. The van der Waals surface area contributed by atoms with Gasteiger partial charge in [0.05, 0.1) is 13.5 Å². The molecule has 22 heavy (non-hydrogen) atoms. The molecule has 0 saturated heterocycles. The predicted octanol–water partition coefficient (Wildman–Crippen LogP) is 1.84. The maximum atomic E-state index is 12.8. The molecule has 2 aromatic carbocycles. The van der Waals surface area contributed by atoms with Crippen LogP contribution >= 0.6 is 0 Å². The first-order chi connectivity index (χ1) is 10.6. The van der Waals surface area contributed by atoms with E-state index >= 15 is 0 Å². The highest BCUT2D eigenvalue weighted by atomic mass is 19.1. The summed E-state index contributed by atoms with van der Waals surface area (Å²) in [5.74, 6) is -0.558. The van der Waals surface area contributed by atoms with Gasteiger partial charge in [0.1, 0.15) is 11.6 Å². The van der Waals surface area contributed by atoms with Crippen LogP contribution < -0.4 is 15.6 Å². The SMILES string of the molecule is COc1ccc(C(=O)NNC(=O)Cc2ccc(F)cc2)cc1. The number of benzene rings is 2. The Hall–Kier alpha value is -2.89. The average molecular weight is 302 g/mol. The van der Waals surface area contributed by atoms with Crippen LogP contribution in [0.2, 0.25) is 0 Å². The first-order valence-electron chi connectivity index (χ1n) is 6.56. The highest BCUT2D eigenvalue weighted by Crippen LogP contribution is 2.10. The van der Waals surface area contributed by atoms with E-state index in [4.69, 9.17) is 4.74 Å². The minimum Gasteiger partial charge on any atom is -0.497 e. The molecular weight excluding hydrogens is 287 g/mol. The molecule has 0 spiro atoms. The average Bonchev–Trinajstić information content (AvgIpc) is 2.55. The fourth-order valence-electron chi connectivity index (χ4n) is 1.77. The lowest BCUT2D eigenvalue weighted by Crippen LogP contribution is -2.42. The normalized spacial score (nSPS) is 9.91. The molecule has 0 aliphatic carbocycles. The van der Waals surface area contributed by atoms with Crippen molar-refractivity contribution in [3.8, 4) is 5.75 Å². The number of hydrogen-bond donors (Lipinski definition) is 2. The molecule has 0 saturated carbocycles. The second-order valence-corrected chi connectivity index (χ2v) is 4.53. The summed E-state index contributed by atoms with van der Waals surface area (Å²) >= 11 is 0. The highest BCUT2D eigenvalue weighted by Gasteiger charge is 2.08. The number of amides is 2. The van der Waals surface area contributed by atoms with Gasteiger partial charge < -0.3 is 4.74 Å². The van der Waals surface area contributed by atoms with Crippen molar-refractivity contribution in [1.82, 2.24) is 10.9 Å². The van der Waals surface area contributed by atoms with Gasteiger partial charge in [-0.2, -0.15) is 0 Å². The van der Waals surface area contributed by atoms with Gasteiger partial charge in [-0.15, -0.1) is 0 Å². The lowest BCUT2D eigenvalue weighted by atomic mass is 10.1. The maximum absolute atomic E-state index is 12.8. The molecule has 6 heteroatoms. The van der Waals surface area contributed by atoms with Crippen LogP contribution in [0.4, 0.5) is 4.39 Å². The number of hydrogen-bond acceptors (Lipinski definition) is 3. The Morgan fingerprint density at radius 1 is 1.00 bits per heavy atom. The summed E-state index contributed by atoms with van der Waals surface area (Å²) in [6.45, 7) is 0. The topological polar surface area (TPSA) is 67.4 Å². The number of carbonyl (C=O) groups is 2. The summed E-state index contributed by atoms with van der Waals surface area (Å²) < 4.78 is 17.7. The van der Waals surface area contributed by atoms with Gasteiger partial charge in [-0.3, -0.25) is 20.4 Å². The van der Waals surface area contributed by atoms with Crippen LogP contribution in [0.5, 0.6) is 5.75 Å². The molecule has 0 aliphatic heterocycles. The zero-order valence-corrected chi connectivity index (χ0v) is 11.9. The molecular formula is C16H15FN2O3. The lowest BCUT2D eigenvalue weighted by Gasteiger charge is -2.08. The van der Waals surface area contributed by atoms with Gasteiger partial charge in [0, 0.05) is 5.56 Å². The fraction of sp³-hybridized carbons (Fsp3) is 0.125. The van der Waals surface area contributed by atoms with Crippen LogP contribution in [0.25, 0.3) is 0 Å². The molecule has 2 amide bonds. The van der Waals surface area contributed by atoms with E-state index in [2.05, 4.69) is 10.9 Å². The quantitative estimate of drug-likeness (QED) is 0.847. The molecule has 5 nitrogen and oxygen atoms in total. The summed E-state index contributed by atoms with van der Waals surface area (Å²) in [6.07, 6.45) is 0.0448. The van der Waals surface area contributed by atoms with Crippen LogP contribution in [0.1, 0.15) is 15.9 Å². The van der Waals surface area contributed by atoms with E-state index in [0.29, 0.717) is 16.9 Å². The molecule has 0 fully saturated rings. The van der Waals surface area contributed by atoms with Crippen LogP contribution in [0.15, 0.2) is 48.5 Å². The van der Waals surface area contributed by atoms with E-state index in [0.717, 1.165) is 0 Å². The van der Waals surface area contributed by atoms with E-state index in [1.165, 1.54) is 31.4 Å². The first kappa shape index (κ1) is 15.5. The molecule has 114 valence electrons. The Morgan fingerprint density at radius 3 is 2.23 bits per heavy atom. The van der Waals surface area contributed by atoms with E-state index in [-0.39, 0.29) is 12.2 Å². The third-order valence-electron chi connectivity index (χ3n) is 2.95. The third-order valence-corrected chi connectivity index (χ3v) is 2.95. The molecule has 0 radical (unpaired) electrons. The van der Waals surface area contributed by atoms with Gasteiger partial charge in [0.2, 0.25) is 5.91 Å². The van der Waals surface area contributed by atoms with E-state index in [1.54, 1.807) is 24.3 Å². The fourth-order valence-corrected chi connectivity index (χ4v) is 1.77. The minimum absolute atomic E-state index is 0.0448. The monoisotopic (exact) mass is 302 g/mol. The Morgan fingerprint density at radius 2 is 1.64 bits per heavy atom. The van der Waals surface area contributed by atoms with Gasteiger partial charge in [-0.25, -0.2) is 4.39 Å². The molecule has 2 aromatic rings. The predicted molar refractivity (Wildman–Crippen MR) is 78.7 cm³/mol. The second kappa shape index (κ2) is 7.21. The summed E-state index contributed by atoms with van der Waals surface area (Å²) in [5.41, 5.74) is 5.67. The zero-order chi connectivity index (χ0) is 15.9. The minimum atomic E-state index is -0.435. The highest BCUT2D eigenvalue weighted by molar-refractivity contribution is 5.95. The molecule has 2 rings (SSSR count). The van der Waals surface area contributed by atoms with Crippen LogP contribution in [0.3, 0.4) is 0 Å². The molecule has 0 bridgehead atoms. The Bertz CT molecular complexity index is 654. The molecule has 0 aromatic heterocycles. The summed E-state index contributed by atoms with van der Waals surface area (Å²) in [7, 11) is 1.53. The van der Waals surface area contributed by atoms with Gasteiger partial charge in [-0.1, -0.05) is 12.1 Å². The Balaban J connectivity index is 1.84. The van der Waals surface area contributed by atoms with Gasteiger partial charge in [0.25, 0.3) is 5.91 Å². The maximum Gasteiger partial charge on any atom is 0.269 e.